The minimum Gasteiger partial charge on any atom is -0.406 e. The second kappa shape index (κ2) is 6.09. The molecule has 3 heterocycles. The van der Waals surface area contributed by atoms with Crippen LogP contribution in [-0.2, 0) is 13.5 Å². The molecule has 1 aromatic carbocycles. The largest absolute Gasteiger partial charge is 0.573 e. The van der Waals surface area contributed by atoms with E-state index in [2.05, 4.69) is 25.1 Å². The lowest BCUT2D eigenvalue weighted by atomic mass is 10.1. The summed E-state index contributed by atoms with van der Waals surface area (Å²) < 4.78 is 43.8. The predicted octanol–water partition coefficient (Wildman–Crippen LogP) is 3.08. The van der Waals surface area contributed by atoms with Gasteiger partial charge >= 0.3 is 6.36 Å². The van der Waals surface area contributed by atoms with E-state index in [4.69, 9.17) is 0 Å². The van der Waals surface area contributed by atoms with E-state index < -0.39 is 6.36 Å². The van der Waals surface area contributed by atoms with Crippen molar-refractivity contribution in [2.75, 3.05) is 0 Å². The fraction of sp³-hybridized carbons (Fsp3) is 0.200. The maximum atomic E-state index is 12.2. The molecule has 0 radical (unpaired) electrons. The second-order valence-electron chi connectivity index (χ2n) is 5.43. The van der Waals surface area contributed by atoms with Crippen LogP contribution in [0.4, 0.5) is 13.2 Å². The van der Waals surface area contributed by atoms with E-state index in [0.717, 1.165) is 16.3 Å². The van der Waals surface area contributed by atoms with Gasteiger partial charge in [0.15, 0.2) is 10.8 Å². The smallest absolute Gasteiger partial charge is 0.406 e. The summed E-state index contributed by atoms with van der Waals surface area (Å²) in [5.74, 6) is 0.328. The van der Waals surface area contributed by atoms with Crippen molar-refractivity contribution in [2.24, 2.45) is 7.05 Å². The van der Waals surface area contributed by atoms with Gasteiger partial charge in [0, 0.05) is 19.7 Å². The number of benzene rings is 1. The van der Waals surface area contributed by atoms with Crippen LogP contribution in [0.1, 0.15) is 11.4 Å². The normalized spacial score (nSPS) is 12.0. The van der Waals surface area contributed by atoms with Crippen molar-refractivity contribution < 1.29 is 17.9 Å². The van der Waals surface area contributed by atoms with Crippen molar-refractivity contribution in [2.45, 2.75) is 12.8 Å². The summed E-state index contributed by atoms with van der Waals surface area (Å²) in [5.41, 5.74) is 1.63. The van der Waals surface area contributed by atoms with Crippen molar-refractivity contribution in [3.8, 4) is 16.5 Å². The second-order valence-corrected chi connectivity index (χ2v) is 6.38. The number of halogens is 3. The maximum Gasteiger partial charge on any atom is 0.573 e. The van der Waals surface area contributed by atoms with Crippen molar-refractivity contribution >= 4 is 16.3 Å². The number of nitrogens with zero attached hydrogens (tertiary/aromatic N) is 6. The summed E-state index contributed by atoms with van der Waals surface area (Å²) in [6, 6.07) is 7.49. The van der Waals surface area contributed by atoms with Gasteiger partial charge in [-0.3, -0.25) is 4.68 Å². The summed E-state index contributed by atoms with van der Waals surface area (Å²) in [6.45, 7) is 0. The molecule has 0 spiro atoms. The molecule has 0 bridgehead atoms. The van der Waals surface area contributed by atoms with E-state index in [-0.39, 0.29) is 5.75 Å². The predicted molar refractivity (Wildman–Crippen MR) is 86.8 cm³/mol. The Labute approximate surface area is 148 Å². The molecule has 0 atom stereocenters. The number of hydrogen-bond donors (Lipinski definition) is 0. The molecule has 0 aliphatic heterocycles. The first-order valence-electron chi connectivity index (χ1n) is 7.43. The van der Waals surface area contributed by atoms with E-state index in [1.54, 1.807) is 27.5 Å². The molecule has 0 aliphatic carbocycles. The van der Waals surface area contributed by atoms with Crippen LogP contribution in [-0.4, -0.2) is 36.0 Å². The van der Waals surface area contributed by atoms with E-state index in [9.17, 15) is 13.2 Å². The molecule has 3 aromatic heterocycles. The highest BCUT2D eigenvalue weighted by molar-refractivity contribution is 7.19. The Bertz CT molecular complexity index is 1050. The molecule has 4 rings (SSSR count). The van der Waals surface area contributed by atoms with Gasteiger partial charge in [0.2, 0.25) is 4.96 Å². The lowest BCUT2D eigenvalue weighted by Crippen LogP contribution is -2.17. The molecule has 0 aliphatic rings. The first-order chi connectivity index (χ1) is 12.4. The number of aryl methyl sites for hydroxylation is 1. The summed E-state index contributed by atoms with van der Waals surface area (Å²) in [5, 5.41) is 17.6. The fourth-order valence-electron chi connectivity index (χ4n) is 2.45. The average molecular weight is 380 g/mol. The molecule has 0 N–H and O–H groups in total. The van der Waals surface area contributed by atoms with E-state index in [1.165, 1.54) is 23.5 Å². The number of fused-ring (bicyclic) bond motifs is 1. The Kier molecular flexibility index (Phi) is 3.87. The summed E-state index contributed by atoms with van der Waals surface area (Å²) in [4.78, 5) is 0.633. The zero-order valence-corrected chi connectivity index (χ0v) is 14.1. The molecule has 0 unspecified atom stereocenters. The standard InChI is InChI=1S/C15H11F3N6OS/c1-23-11(6-7-19-23)13-22-24-12(20-21-14(24)26-13)8-9-2-4-10(5-3-9)25-15(16,17)18/h2-7H,8H2,1H3. The molecule has 4 aromatic rings. The Balaban J connectivity index is 1.58. The lowest BCUT2D eigenvalue weighted by molar-refractivity contribution is -0.274. The SMILES string of the molecule is Cn1nccc1-c1nn2c(Cc3ccc(OC(F)(F)F)cc3)nnc2s1. The molecule has 7 nitrogen and oxygen atoms in total. The van der Waals surface area contributed by atoms with Gasteiger partial charge in [0.25, 0.3) is 0 Å². The van der Waals surface area contributed by atoms with Gasteiger partial charge < -0.3 is 4.74 Å². The van der Waals surface area contributed by atoms with Crippen LogP contribution in [0.15, 0.2) is 36.5 Å². The average Bonchev–Trinajstić information content (AvgIpc) is 3.24. The number of aromatic nitrogens is 6. The Morgan fingerprint density at radius 2 is 1.88 bits per heavy atom. The fourth-order valence-corrected chi connectivity index (χ4v) is 3.36. The molecule has 0 amide bonds. The van der Waals surface area contributed by atoms with E-state index in [1.807, 2.05) is 13.1 Å². The van der Waals surface area contributed by atoms with Gasteiger partial charge in [-0.1, -0.05) is 23.5 Å². The van der Waals surface area contributed by atoms with Crippen LogP contribution in [0, 0.1) is 0 Å². The number of hydrogen-bond acceptors (Lipinski definition) is 6. The molecular weight excluding hydrogens is 369 g/mol. The molecule has 134 valence electrons. The number of alkyl halides is 3. The maximum absolute atomic E-state index is 12.2. The van der Waals surface area contributed by atoms with Gasteiger partial charge in [-0.15, -0.1) is 23.4 Å². The zero-order chi connectivity index (χ0) is 18.3. The first-order valence-corrected chi connectivity index (χ1v) is 8.25. The molecule has 11 heteroatoms. The monoisotopic (exact) mass is 380 g/mol. The summed E-state index contributed by atoms with van der Waals surface area (Å²) >= 11 is 1.38. The topological polar surface area (TPSA) is 70.1 Å². The van der Waals surface area contributed by atoms with Gasteiger partial charge in [-0.25, -0.2) is 0 Å². The number of ether oxygens (including phenoxy) is 1. The van der Waals surface area contributed by atoms with Crippen LogP contribution in [0.25, 0.3) is 15.7 Å². The molecular formula is C15H11F3N6OS. The van der Waals surface area contributed by atoms with Crippen LogP contribution in [0.5, 0.6) is 5.75 Å². The molecule has 26 heavy (non-hydrogen) atoms. The van der Waals surface area contributed by atoms with Crippen LogP contribution < -0.4 is 4.74 Å². The minimum absolute atomic E-state index is 0.264. The minimum atomic E-state index is -4.70. The third-order valence-corrected chi connectivity index (χ3v) is 4.54. The van der Waals surface area contributed by atoms with Gasteiger partial charge in [-0.2, -0.15) is 14.7 Å². The quantitative estimate of drug-likeness (QED) is 0.544. The Hall–Kier alpha value is -2.95. The van der Waals surface area contributed by atoms with Crippen LogP contribution >= 0.6 is 11.3 Å². The van der Waals surface area contributed by atoms with Gasteiger partial charge in [-0.05, 0) is 23.8 Å². The van der Waals surface area contributed by atoms with Crippen molar-refractivity contribution in [1.82, 2.24) is 29.6 Å². The summed E-state index contributed by atoms with van der Waals surface area (Å²) in [6.07, 6.45) is -2.64. The van der Waals surface area contributed by atoms with Gasteiger partial charge in [0.05, 0.1) is 5.69 Å². The third-order valence-electron chi connectivity index (χ3n) is 3.61. The highest BCUT2D eigenvalue weighted by atomic mass is 32.1. The Morgan fingerprint density at radius 3 is 2.54 bits per heavy atom. The van der Waals surface area contributed by atoms with Crippen LogP contribution in [0.2, 0.25) is 0 Å². The summed E-state index contributed by atoms with van der Waals surface area (Å²) in [7, 11) is 1.82. The highest BCUT2D eigenvalue weighted by Crippen LogP contribution is 2.26. The number of rotatable bonds is 4. The van der Waals surface area contributed by atoms with Crippen molar-refractivity contribution in [3.05, 3.63) is 47.9 Å². The van der Waals surface area contributed by atoms with Gasteiger partial charge in [0.1, 0.15) is 5.75 Å². The third kappa shape index (κ3) is 3.25. The molecule has 0 saturated heterocycles. The van der Waals surface area contributed by atoms with Crippen molar-refractivity contribution in [3.63, 3.8) is 0 Å². The lowest BCUT2D eigenvalue weighted by Gasteiger charge is -2.08. The van der Waals surface area contributed by atoms with E-state index >= 15 is 0 Å². The molecule has 0 saturated carbocycles. The highest BCUT2D eigenvalue weighted by Gasteiger charge is 2.31. The van der Waals surface area contributed by atoms with E-state index in [0.29, 0.717) is 17.2 Å². The van der Waals surface area contributed by atoms with Crippen LogP contribution in [0.3, 0.4) is 0 Å². The molecule has 0 fully saturated rings. The Morgan fingerprint density at radius 1 is 1.12 bits per heavy atom. The first kappa shape index (κ1) is 16.5. The van der Waals surface area contributed by atoms with Crippen molar-refractivity contribution in [1.29, 1.82) is 0 Å². The zero-order valence-electron chi connectivity index (χ0n) is 13.3.